The van der Waals surface area contributed by atoms with Crippen LogP contribution in [-0.2, 0) is 6.54 Å². The van der Waals surface area contributed by atoms with E-state index in [4.69, 9.17) is 0 Å². The molecule has 2 aromatic heterocycles. The largest absolute Gasteiger partial charge is 0.303 e. The Morgan fingerprint density at radius 2 is 2.05 bits per heavy atom. The van der Waals surface area contributed by atoms with Crippen molar-refractivity contribution in [2.24, 2.45) is 5.92 Å². The molecule has 1 N–H and O–H groups in total. The van der Waals surface area contributed by atoms with Gasteiger partial charge in [-0.3, -0.25) is 9.97 Å². The smallest absolute Gasteiger partial charge is 0.0576 e. The predicted octanol–water partition coefficient (Wildman–Crippen LogP) is 3.33. The van der Waals surface area contributed by atoms with E-state index in [9.17, 15) is 0 Å². The van der Waals surface area contributed by atoms with Gasteiger partial charge in [0.15, 0.2) is 0 Å². The van der Waals surface area contributed by atoms with Gasteiger partial charge in [-0.05, 0) is 56.4 Å². The Labute approximate surface area is 120 Å². The first-order valence-corrected chi connectivity index (χ1v) is 7.31. The lowest BCUT2D eigenvalue weighted by molar-refractivity contribution is 0.465. The number of nitrogens with one attached hydrogen (secondary N) is 1. The maximum Gasteiger partial charge on any atom is 0.0576 e. The lowest BCUT2D eigenvalue weighted by atomic mass is 10.1. The van der Waals surface area contributed by atoms with Gasteiger partial charge < -0.3 is 5.32 Å². The van der Waals surface area contributed by atoms with Gasteiger partial charge in [0.2, 0.25) is 0 Å². The van der Waals surface area contributed by atoms with E-state index < -0.39 is 0 Å². The van der Waals surface area contributed by atoms with Crippen LogP contribution in [0.4, 0.5) is 0 Å². The summed E-state index contributed by atoms with van der Waals surface area (Å²) in [6, 6.07) is 10.7. The van der Waals surface area contributed by atoms with Crippen molar-refractivity contribution < 1.29 is 0 Å². The summed E-state index contributed by atoms with van der Waals surface area (Å²) in [5.74, 6) is 0.731. The number of rotatable bonds is 5. The molecule has 1 aliphatic rings. The van der Waals surface area contributed by atoms with Crippen molar-refractivity contribution in [1.29, 1.82) is 0 Å². The molecule has 1 unspecified atom stereocenters. The van der Waals surface area contributed by atoms with Crippen LogP contribution in [0.25, 0.3) is 0 Å². The minimum absolute atomic E-state index is 0.359. The Morgan fingerprint density at radius 3 is 2.75 bits per heavy atom. The van der Waals surface area contributed by atoms with Gasteiger partial charge in [-0.2, -0.15) is 0 Å². The third-order valence-electron chi connectivity index (χ3n) is 3.93. The van der Waals surface area contributed by atoms with Crippen LogP contribution < -0.4 is 5.32 Å². The van der Waals surface area contributed by atoms with Crippen LogP contribution in [0.3, 0.4) is 0 Å². The maximum absolute atomic E-state index is 4.64. The standard InChI is InChI=1S/C17H21N3/c1-12-6-7-13(2)20-16(12)11-19-17(14-8-9-14)15-5-3-4-10-18-15/h3-7,10,14,17,19H,8-9,11H2,1-2H3. The van der Waals surface area contributed by atoms with Crippen molar-refractivity contribution in [1.82, 2.24) is 15.3 Å². The molecule has 20 heavy (non-hydrogen) atoms. The molecule has 2 aromatic rings. The quantitative estimate of drug-likeness (QED) is 0.903. The molecule has 0 aliphatic heterocycles. The van der Waals surface area contributed by atoms with Gasteiger partial charge in [0.25, 0.3) is 0 Å². The average molecular weight is 267 g/mol. The van der Waals surface area contributed by atoms with Crippen molar-refractivity contribution in [2.75, 3.05) is 0 Å². The van der Waals surface area contributed by atoms with Gasteiger partial charge in [-0.15, -0.1) is 0 Å². The van der Waals surface area contributed by atoms with E-state index >= 15 is 0 Å². The highest BCUT2D eigenvalue weighted by molar-refractivity contribution is 5.21. The first-order valence-electron chi connectivity index (χ1n) is 7.31. The fourth-order valence-corrected chi connectivity index (χ4v) is 2.57. The molecule has 1 saturated carbocycles. The Balaban J connectivity index is 1.73. The van der Waals surface area contributed by atoms with E-state index in [-0.39, 0.29) is 0 Å². The van der Waals surface area contributed by atoms with Crippen molar-refractivity contribution in [3.63, 3.8) is 0 Å². The highest BCUT2D eigenvalue weighted by Gasteiger charge is 2.32. The van der Waals surface area contributed by atoms with Gasteiger partial charge in [0.1, 0.15) is 0 Å². The monoisotopic (exact) mass is 267 g/mol. The molecular weight excluding hydrogens is 246 g/mol. The molecule has 104 valence electrons. The van der Waals surface area contributed by atoms with Crippen molar-refractivity contribution in [2.45, 2.75) is 39.3 Å². The molecule has 3 rings (SSSR count). The zero-order valence-electron chi connectivity index (χ0n) is 12.1. The zero-order chi connectivity index (χ0) is 13.9. The number of pyridine rings is 2. The van der Waals surface area contributed by atoms with E-state index in [1.165, 1.54) is 18.4 Å². The fraction of sp³-hybridized carbons (Fsp3) is 0.412. The van der Waals surface area contributed by atoms with Gasteiger partial charge >= 0.3 is 0 Å². The van der Waals surface area contributed by atoms with Crippen molar-refractivity contribution in [3.8, 4) is 0 Å². The fourth-order valence-electron chi connectivity index (χ4n) is 2.57. The summed E-state index contributed by atoms with van der Waals surface area (Å²) in [6.07, 6.45) is 4.48. The molecule has 0 spiro atoms. The summed E-state index contributed by atoms with van der Waals surface area (Å²) in [4.78, 5) is 9.14. The van der Waals surface area contributed by atoms with Crippen LogP contribution in [0.2, 0.25) is 0 Å². The SMILES string of the molecule is Cc1ccc(C)c(CNC(c2ccccn2)C2CC2)n1. The van der Waals surface area contributed by atoms with E-state index in [1.54, 1.807) is 0 Å². The van der Waals surface area contributed by atoms with E-state index in [0.29, 0.717) is 6.04 Å². The summed E-state index contributed by atoms with van der Waals surface area (Å²) in [6.45, 7) is 4.97. The average Bonchev–Trinajstić information content (AvgIpc) is 3.29. The number of aryl methyl sites for hydroxylation is 2. The van der Waals surface area contributed by atoms with Crippen LogP contribution in [0.15, 0.2) is 36.5 Å². The van der Waals surface area contributed by atoms with Crippen molar-refractivity contribution in [3.05, 3.63) is 59.2 Å². The molecule has 0 bridgehead atoms. The van der Waals surface area contributed by atoms with Crippen LogP contribution in [0.5, 0.6) is 0 Å². The molecule has 3 heteroatoms. The predicted molar refractivity (Wildman–Crippen MR) is 80.3 cm³/mol. The molecule has 0 radical (unpaired) electrons. The first kappa shape index (κ1) is 13.3. The molecule has 2 heterocycles. The Morgan fingerprint density at radius 1 is 1.20 bits per heavy atom. The summed E-state index contributed by atoms with van der Waals surface area (Å²) in [5, 5.41) is 3.66. The minimum Gasteiger partial charge on any atom is -0.303 e. The van der Waals surface area contributed by atoms with Gasteiger partial charge in [0, 0.05) is 18.4 Å². The lowest BCUT2D eigenvalue weighted by Gasteiger charge is -2.18. The molecule has 3 nitrogen and oxygen atoms in total. The highest BCUT2D eigenvalue weighted by atomic mass is 15.0. The van der Waals surface area contributed by atoms with Crippen LogP contribution in [0, 0.1) is 19.8 Å². The normalized spacial score (nSPS) is 16.1. The van der Waals surface area contributed by atoms with E-state index in [0.717, 1.165) is 29.5 Å². The second-order valence-corrected chi connectivity index (χ2v) is 5.67. The molecule has 0 amide bonds. The first-order chi connectivity index (χ1) is 9.74. The maximum atomic E-state index is 4.64. The zero-order valence-corrected chi connectivity index (χ0v) is 12.1. The molecule has 1 atom stereocenters. The number of nitrogens with zero attached hydrogens (tertiary/aromatic N) is 2. The Hall–Kier alpha value is -1.74. The summed E-state index contributed by atoms with van der Waals surface area (Å²) in [5.41, 5.74) is 4.62. The molecule has 1 aliphatic carbocycles. The minimum atomic E-state index is 0.359. The van der Waals surface area contributed by atoms with Gasteiger partial charge in [0.05, 0.1) is 17.4 Å². The summed E-state index contributed by atoms with van der Waals surface area (Å²) < 4.78 is 0. The van der Waals surface area contributed by atoms with E-state index in [1.807, 2.05) is 19.2 Å². The summed E-state index contributed by atoms with van der Waals surface area (Å²) >= 11 is 0. The number of aromatic nitrogens is 2. The van der Waals surface area contributed by atoms with E-state index in [2.05, 4.69) is 46.5 Å². The number of hydrogen-bond acceptors (Lipinski definition) is 3. The molecule has 0 aromatic carbocycles. The molecule has 0 saturated heterocycles. The van der Waals surface area contributed by atoms with Crippen molar-refractivity contribution >= 4 is 0 Å². The Bertz CT molecular complexity index is 576. The van der Waals surface area contributed by atoms with Gasteiger partial charge in [-0.1, -0.05) is 12.1 Å². The topological polar surface area (TPSA) is 37.8 Å². The molecular formula is C17H21N3. The third kappa shape index (κ3) is 3.05. The number of hydrogen-bond donors (Lipinski definition) is 1. The van der Waals surface area contributed by atoms with Crippen LogP contribution in [0.1, 0.15) is 41.5 Å². The highest BCUT2D eigenvalue weighted by Crippen LogP contribution is 2.40. The van der Waals surface area contributed by atoms with Gasteiger partial charge in [-0.25, -0.2) is 0 Å². The van der Waals surface area contributed by atoms with Crippen LogP contribution >= 0.6 is 0 Å². The second-order valence-electron chi connectivity index (χ2n) is 5.67. The summed E-state index contributed by atoms with van der Waals surface area (Å²) in [7, 11) is 0. The van der Waals surface area contributed by atoms with Crippen LogP contribution in [-0.4, -0.2) is 9.97 Å². The third-order valence-corrected chi connectivity index (χ3v) is 3.93. The molecule has 1 fully saturated rings. The lowest BCUT2D eigenvalue weighted by Crippen LogP contribution is -2.24. The second kappa shape index (κ2) is 5.71. The Kier molecular flexibility index (Phi) is 3.79.